The molecule has 3 rings (SSSR count). The summed E-state index contributed by atoms with van der Waals surface area (Å²) in [7, 11) is 1.57. The third kappa shape index (κ3) is 4.48. The summed E-state index contributed by atoms with van der Waals surface area (Å²) < 4.78 is 16.3. The van der Waals surface area contributed by atoms with E-state index in [1.54, 1.807) is 7.11 Å². The van der Waals surface area contributed by atoms with Gasteiger partial charge in [0.15, 0.2) is 0 Å². The van der Waals surface area contributed by atoms with E-state index in [4.69, 9.17) is 14.2 Å². The Morgan fingerprint density at radius 2 is 1.96 bits per heavy atom. The number of carbonyl (C=O) groups is 1. The molecule has 2 aliphatic rings. The highest BCUT2D eigenvalue weighted by Crippen LogP contribution is 2.26. The number of carbonyl (C=O) groups excluding carboxylic acids is 1. The molecule has 1 saturated carbocycles. The lowest BCUT2D eigenvalue weighted by molar-refractivity contribution is -0.138. The summed E-state index contributed by atoms with van der Waals surface area (Å²) in [6.07, 6.45) is 5.71. The Bertz CT molecular complexity index is 519. The lowest BCUT2D eigenvalue weighted by Gasteiger charge is -2.29. The number of benzene rings is 1. The van der Waals surface area contributed by atoms with E-state index in [1.807, 2.05) is 29.2 Å². The van der Waals surface area contributed by atoms with Gasteiger partial charge in [0.2, 0.25) is 5.91 Å². The Morgan fingerprint density at radius 3 is 2.58 bits per heavy atom. The first-order valence-electron chi connectivity index (χ1n) is 8.88. The molecule has 132 valence electrons. The van der Waals surface area contributed by atoms with E-state index in [2.05, 4.69) is 0 Å². The molecule has 24 heavy (non-hydrogen) atoms. The molecule has 5 nitrogen and oxygen atoms in total. The smallest absolute Gasteiger partial charge is 0.249 e. The van der Waals surface area contributed by atoms with Gasteiger partial charge in [0.25, 0.3) is 0 Å². The summed E-state index contributed by atoms with van der Waals surface area (Å²) in [4.78, 5) is 14.4. The number of amides is 1. The summed E-state index contributed by atoms with van der Waals surface area (Å²) in [6.45, 7) is 2.24. The van der Waals surface area contributed by atoms with Gasteiger partial charge in [-0.1, -0.05) is 25.0 Å². The van der Waals surface area contributed by atoms with Gasteiger partial charge in [-0.15, -0.1) is 0 Å². The second-order valence-electron chi connectivity index (χ2n) is 6.64. The van der Waals surface area contributed by atoms with Crippen LogP contribution in [0.2, 0.25) is 0 Å². The first-order valence-corrected chi connectivity index (χ1v) is 8.88. The Labute approximate surface area is 143 Å². The number of ether oxygens (including phenoxy) is 3. The van der Waals surface area contributed by atoms with Crippen molar-refractivity contribution in [3.63, 3.8) is 0 Å². The maximum Gasteiger partial charge on any atom is 0.249 e. The van der Waals surface area contributed by atoms with Crippen molar-refractivity contribution in [3.8, 4) is 5.75 Å². The van der Waals surface area contributed by atoms with Crippen LogP contribution < -0.4 is 4.74 Å². The van der Waals surface area contributed by atoms with Crippen molar-refractivity contribution in [3.05, 3.63) is 29.8 Å². The van der Waals surface area contributed by atoms with Crippen molar-refractivity contribution in [2.24, 2.45) is 0 Å². The van der Waals surface area contributed by atoms with Crippen LogP contribution in [-0.4, -0.2) is 49.9 Å². The summed E-state index contributed by atoms with van der Waals surface area (Å²) in [5.41, 5.74) is 1.13. The van der Waals surface area contributed by atoms with Gasteiger partial charge in [0.1, 0.15) is 18.5 Å². The van der Waals surface area contributed by atoms with Crippen LogP contribution in [0.3, 0.4) is 0 Å². The number of rotatable bonds is 7. The SMILES string of the molecule is COCC(=O)N(Cc1ccc(O[C@@H]2CCOC2)cc1)C1CCCC1. The van der Waals surface area contributed by atoms with Crippen LogP contribution >= 0.6 is 0 Å². The van der Waals surface area contributed by atoms with Crippen LogP contribution in [-0.2, 0) is 20.8 Å². The summed E-state index contributed by atoms with van der Waals surface area (Å²) in [5.74, 6) is 0.942. The van der Waals surface area contributed by atoms with Gasteiger partial charge >= 0.3 is 0 Å². The summed E-state index contributed by atoms with van der Waals surface area (Å²) in [5, 5.41) is 0. The van der Waals surface area contributed by atoms with Gasteiger partial charge in [-0.05, 0) is 30.5 Å². The minimum Gasteiger partial charge on any atom is -0.488 e. The van der Waals surface area contributed by atoms with Gasteiger partial charge in [-0.25, -0.2) is 0 Å². The van der Waals surface area contributed by atoms with E-state index in [-0.39, 0.29) is 18.6 Å². The van der Waals surface area contributed by atoms with Crippen LogP contribution in [0, 0.1) is 0 Å². The van der Waals surface area contributed by atoms with Gasteiger partial charge in [0.05, 0.1) is 13.2 Å². The number of nitrogens with zero attached hydrogens (tertiary/aromatic N) is 1. The number of hydrogen-bond donors (Lipinski definition) is 0. The van der Waals surface area contributed by atoms with E-state index < -0.39 is 0 Å². The Kier molecular flexibility index (Phi) is 6.10. The molecule has 5 heteroatoms. The molecule has 1 atom stereocenters. The Morgan fingerprint density at radius 1 is 1.21 bits per heavy atom. The topological polar surface area (TPSA) is 48.0 Å². The standard InChI is InChI=1S/C19H27NO4/c1-22-14-19(21)20(16-4-2-3-5-16)12-15-6-8-17(9-7-15)24-18-10-11-23-13-18/h6-9,16,18H,2-5,10-14H2,1H3/t18-/m1/s1. The second-order valence-corrected chi connectivity index (χ2v) is 6.64. The fourth-order valence-electron chi connectivity index (χ4n) is 3.51. The van der Waals surface area contributed by atoms with Gasteiger partial charge in [0, 0.05) is 26.1 Å². The quantitative estimate of drug-likeness (QED) is 0.770. The van der Waals surface area contributed by atoms with Crippen molar-refractivity contribution in [2.75, 3.05) is 26.9 Å². The van der Waals surface area contributed by atoms with Crippen LogP contribution in [0.15, 0.2) is 24.3 Å². The fourth-order valence-corrected chi connectivity index (χ4v) is 3.51. The zero-order valence-electron chi connectivity index (χ0n) is 14.4. The van der Waals surface area contributed by atoms with Crippen LogP contribution in [0.4, 0.5) is 0 Å². The molecule has 0 N–H and O–H groups in total. The zero-order chi connectivity index (χ0) is 16.8. The van der Waals surface area contributed by atoms with Crippen molar-refractivity contribution < 1.29 is 19.0 Å². The highest BCUT2D eigenvalue weighted by atomic mass is 16.5. The normalized spacial score (nSPS) is 21.1. The van der Waals surface area contributed by atoms with Gasteiger partial charge in [-0.3, -0.25) is 4.79 Å². The lowest BCUT2D eigenvalue weighted by Crippen LogP contribution is -2.40. The molecule has 1 aromatic rings. The highest BCUT2D eigenvalue weighted by Gasteiger charge is 2.26. The maximum absolute atomic E-state index is 12.4. The van der Waals surface area contributed by atoms with Crippen molar-refractivity contribution in [1.82, 2.24) is 4.90 Å². The molecule has 0 spiro atoms. The predicted octanol–water partition coefficient (Wildman–Crippen LogP) is 2.77. The molecule has 2 fully saturated rings. The average molecular weight is 333 g/mol. The van der Waals surface area contributed by atoms with Crippen molar-refractivity contribution in [1.29, 1.82) is 0 Å². The third-order valence-corrected chi connectivity index (χ3v) is 4.82. The summed E-state index contributed by atoms with van der Waals surface area (Å²) in [6, 6.07) is 8.42. The number of methoxy groups -OCH3 is 1. The molecule has 1 aliphatic carbocycles. The fraction of sp³-hybridized carbons (Fsp3) is 0.632. The molecule has 1 aromatic carbocycles. The maximum atomic E-state index is 12.4. The van der Waals surface area contributed by atoms with E-state index in [0.717, 1.165) is 37.2 Å². The largest absolute Gasteiger partial charge is 0.488 e. The molecular weight excluding hydrogens is 306 g/mol. The molecule has 1 heterocycles. The Balaban J connectivity index is 1.61. The average Bonchev–Trinajstić information content (AvgIpc) is 3.28. The minimum atomic E-state index is 0.0767. The van der Waals surface area contributed by atoms with E-state index in [1.165, 1.54) is 12.8 Å². The van der Waals surface area contributed by atoms with Gasteiger partial charge < -0.3 is 19.1 Å². The molecule has 0 aromatic heterocycles. The van der Waals surface area contributed by atoms with Crippen LogP contribution in [0.5, 0.6) is 5.75 Å². The highest BCUT2D eigenvalue weighted by molar-refractivity contribution is 5.77. The van der Waals surface area contributed by atoms with Crippen molar-refractivity contribution in [2.45, 2.75) is 50.8 Å². The number of hydrogen-bond acceptors (Lipinski definition) is 4. The summed E-state index contributed by atoms with van der Waals surface area (Å²) >= 11 is 0. The van der Waals surface area contributed by atoms with Crippen molar-refractivity contribution >= 4 is 5.91 Å². The minimum absolute atomic E-state index is 0.0767. The van der Waals surface area contributed by atoms with Crippen LogP contribution in [0.25, 0.3) is 0 Å². The molecule has 1 saturated heterocycles. The van der Waals surface area contributed by atoms with Gasteiger partial charge in [-0.2, -0.15) is 0 Å². The molecule has 1 aliphatic heterocycles. The van der Waals surface area contributed by atoms with E-state index in [9.17, 15) is 4.79 Å². The molecule has 0 unspecified atom stereocenters. The molecule has 0 bridgehead atoms. The predicted molar refractivity (Wildman–Crippen MR) is 91.0 cm³/mol. The van der Waals surface area contributed by atoms with E-state index >= 15 is 0 Å². The molecule has 0 radical (unpaired) electrons. The zero-order valence-corrected chi connectivity index (χ0v) is 14.4. The second kappa shape index (κ2) is 8.49. The first kappa shape index (κ1) is 17.2. The third-order valence-electron chi connectivity index (χ3n) is 4.82. The Hall–Kier alpha value is -1.59. The van der Waals surface area contributed by atoms with E-state index in [0.29, 0.717) is 19.2 Å². The van der Waals surface area contributed by atoms with Crippen LogP contribution in [0.1, 0.15) is 37.7 Å². The first-order chi connectivity index (χ1) is 11.8. The molecular formula is C19H27NO4. The lowest BCUT2D eigenvalue weighted by atomic mass is 10.1. The molecule has 1 amide bonds. The monoisotopic (exact) mass is 333 g/mol.